The van der Waals surface area contributed by atoms with E-state index in [0.717, 1.165) is 6.08 Å². The van der Waals surface area contributed by atoms with Crippen LogP contribution in [0.25, 0.3) is 0 Å². The van der Waals surface area contributed by atoms with Gasteiger partial charge in [0.2, 0.25) is 6.10 Å². The lowest BCUT2D eigenvalue weighted by atomic mass is 9.77. The van der Waals surface area contributed by atoms with Crippen LogP contribution in [0.3, 0.4) is 0 Å². The molecule has 1 fully saturated rings. The molecule has 1 atom stereocenters. The zero-order valence-electron chi connectivity index (χ0n) is 14.0. The van der Waals surface area contributed by atoms with Crippen molar-refractivity contribution in [3.63, 3.8) is 0 Å². The molecule has 1 heterocycles. The fourth-order valence-corrected chi connectivity index (χ4v) is 1.94. The summed E-state index contributed by atoms with van der Waals surface area (Å²) in [6.45, 7) is 13.2. The van der Waals surface area contributed by atoms with Gasteiger partial charge in [0.1, 0.15) is 16.6 Å². The van der Waals surface area contributed by atoms with Crippen molar-refractivity contribution in [2.45, 2.75) is 65.3 Å². The van der Waals surface area contributed by atoms with Crippen LogP contribution in [0.4, 0.5) is 0 Å². The van der Waals surface area contributed by atoms with E-state index in [9.17, 15) is 14.4 Å². The Morgan fingerprint density at radius 3 is 2.27 bits per heavy atom. The van der Waals surface area contributed by atoms with E-state index >= 15 is 0 Å². The van der Waals surface area contributed by atoms with Crippen LogP contribution in [0.5, 0.6) is 0 Å². The molecule has 0 aromatic rings. The molecule has 1 aliphatic rings. The van der Waals surface area contributed by atoms with Crippen molar-refractivity contribution in [3.05, 3.63) is 12.7 Å². The Hall–Kier alpha value is -1.85. The lowest BCUT2D eigenvalue weighted by Crippen LogP contribution is -2.49. The van der Waals surface area contributed by atoms with Crippen molar-refractivity contribution in [1.82, 2.24) is 0 Å². The molecule has 1 rings (SSSR count). The lowest BCUT2D eigenvalue weighted by Gasteiger charge is -2.38. The van der Waals surface area contributed by atoms with Crippen molar-refractivity contribution >= 4 is 17.9 Å². The summed E-state index contributed by atoms with van der Waals surface area (Å²) in [6.07, 6.45) is 0.383. The second-order valence-corrected chi connectivity index (χ2v) is 7.04. The highest BCUT2D eigenvalue weighted by Gasteiger charge is 2.50. The van der Waals surface area contributed by atoms with Crippen LogP contribution < -0.4 is 0 Å². The van der Waals surface area contributed by atoms with Crippen LogP contribution in [0, 0.1) is 5.41 Å². The average molecular weight is 312 g/mol. The van der Waals surface area contributed by atoms with Gasteiger partial charge in [0.15, 0.2) is 0 Å². The van der Waals surface area contributed by atoms with Gasteiger partial charge in [-0.15, -0.1) is 0 Å². The molecule has 6 nitrogen and oxygen atoms in total. The Kier molecular flexibility index (Phi) is 4.75. The summed E-state index contributed by atoms with van der Waals surface area (Å²) < 4.78 is 15.7. The molecule has 0 amide bonds. The number of rotatable bonds is 5. The Balaban J connectivity index is 2.84. The molecule has 0 saturated carbocycles. The predicted octanol–water partition coefficient (Wildman–Crippen LogP) is 2.16. The van der Waals surface area contributed by atoms with E-state index in [1.165, 1.54) is 0 Å². The first kappa shape index (κ1) is 18.2. The summed E-state index contributed by atoms with van der Waals surface area (Å²) in [4.78, 5) is 35.6. The maximum Gasteiger partial charge on any atom is 0.348 e. The highest BCUT2D eigenvalue weighted by Crippen LogP contribution is 2.37. The molecule has 6 heteroatoms. The Morgan fingerprint density at radius 1 is 1.32 bits per heavy atom. The maximum atomic E-state index is 12.4. The molecule has 0 bridgehead atoms. The van der Waals surface area contributed by atoms with E-state index in [0.29, 0.717) is 6.42 Å². The van der Waals surface area contributed by atoms with Crippen LogP contribution >= 0.6 is 0 Å². The quantitative estimate of drug-likeness (QED) is 0.440. The van der Waals surface area contributed by atoms with E-state index < -0.39 is 40.6 Å². The smallest absolute Gasteiger partial charge is 0.348 e. The van der Waals surface area contributed by atoms with Crippen LogP contribution in [0.15, 0.2) is 12.7 Å². The summed E-state index contributed by atoms with van der Waals surface area (Å²) >= 11 is 0. The zero-order valence-corrected chi connectivity index (χ0v) is 14.0. The molecule has 124 valence electrons. The molecule has 22 heavy (non-hydrogen) atoms. The van der Waals surface area contributed by atoms with Gasteiger partial charge in [0.25, 0.3) is 0 Å². The fraction of sp³-hybridized carbons (Fsp3) is 0.688. The lowest BCUT2D eigenvalue weighted by molar-refractivity contribution is -0.186. The number of ether oxygens (including phenoxy) is 3. The average Bonchev–Trinajstić information content (AvgIpc) is 2.61. The maximum absolute atomic E-state index is 12.4. The van der Waals surface area contributed by atoms with Gasteiger partial charge in [-0.25, -0.2) is 9.59 Å². The van der Waals surface area contributed by atoms with Crippen molar-refractivity contribution in [2.75, 3.05) is 0 Å². The molecule has 0 spiro atoms. The first-order valence-electron chi connectivity index (χ1n) is 7.12. The minimum atomic E-state index is -1.15. The molecule has 1 unspecified atom stereocenters. The molecular formula is C16H24O6. The van der Waals surface area contributed by atoms with Gasteiger partial charge in [-0.3, -0.25) is 4.79 Å². The Morgan fingerprint density at radius 2 is 1.86 bits per heavy atom. The highest BCUT2D eigenvalue weighted by atomic mass is 16.6. The number of carbonyl (C=O) groups excluding carboxylic acids is 3. The minimum Gasteiger partial charge on any atom is -0.457 e. The van der Waals surface area contributed by atoms with Crippen LogP contribution in [-0.4, -0.2) is 35.2 Å². The minimum absolute atomic E-state index is 0.292. The molecule has 1 aliphatic heterocycles. The molecule has 0 aliphatic carbocycles. The van der Waals surface area contributed by atoms with Gasteiger partial charge in [-0.05, 0) is 41.5 Å². The van der Waals surface area contributed by atoms with Gasteiger partial charge in [0.05, 0.1) is 0 Å². The third-order valence-corrected chi connectivity index (χ3v) is 4.10. The summed E-state index contributed by atoms with van der Waals surface area (Å²) in [6, 6.07) is 0. The summed E-state index contributed by atoms with van der Waals surface area (Å²) in [7, 11) is 0. The van der Waals surface area contributed by atoms with E-state index in [4.69, 9.17) is 14.2 Å². The number of hydrogen-bond acceptors (Lipinski definition) is 6. The number of cyclic esters (lactones) is 1. The molecule has 1 saturated heterocycles. The molecule has 0 aromatic carbocycles. The Bertz CT molecular complexity index is 501. The zero-order chi connectivity index (χ0) is 17.3. The standard InChI is InChI=1S/C16H24O6/c1-8-11(17)21-16(6,7)15(4,5)13(19)20-10-9-14(2,3)22-12(10)18/h8,10H,1,9H2,2-7H3. The molecule has 0 aromatic heterocycles. The summed E-state index contributed by atoms with van der Waals surface area (Å²) in [5.74, 6) is -1.82. The SMILES string of the molecule is C=CC(=O)OC(C)(C)C(C)(C)C(=O)OC1CC(C)(C)OC1=O. The van der Waals surface area contributed by atoms with E-state index in [1.54, 1.807) is 41.5 Å². The van der Waals surface area contributed by atoms with Crippen LogP contribution in [-0.2, 0) is 28.6 Å². The van der Waals surface area contributed by atoms with Gasteiger partial charge < -0.3 is 14.2 Å². The van der Waals surface area contributed by atoms with Gasteiger partial charge in [-0.1, -0.05) is 6.58 Å². The first-order valence-corrected chi connectivity index (χ1v) is 7.12. The van der Waals surface area contributed by atoms with Crippen molar-refractivity contribution < 1.29 is 28.6 Å². The van der Waals surface area contributed by atoms with Crippen molar-refractivity contribution in [2.24, 2.45) is 5.41 Å². The normalized spacial score (nSPS) is 21.0. The van der Waals surface area contributed by atoms with E-state index in [2.05, 4.69) is 6.58 Å². The van der Waals surface area contributed by atoms with E-state index in [-0.39, 0.29) is 0 Å². The van der Waals surface area contributed by atoms with Gasteiger partial charge in [-0.2, -0.15) is 0 Å². The number of esters is 3. The summed E-state index contributed by atoms with van der Waals surface area (Å²) in [5, 5.41) is 0. The van der Waals surface area contributed by atoms with Crippen molar-refractivity contribution in [3.8, 4) is 0 Å². The molecule has 0 N–H and O–H groups in total. The largest absolute Gasteiger partial charge is 0.457 e. The number of hydrogen-bond donors (Lipinski definition) is 0. The second-order valence-electron chi connectivity index (χ2n) is 7.04. The molecular weight excluding hydrogens is 288 g/mol. The Labute approximate surface area is 130 Å². The monoisotopic (exact) mass is 312 g/mol. The first-order chi connectivity index (χ1) is 9.82. The van der Waals surface area contributed by atoms with Gasteiger partial charge >= 0.3 is 17.9 Å². The molecule has 0 radical (unpaired) electrons. The third kappa shape index (κ3) is 3.67. The predicted molar refractivity (Wildman–Crippen MR) is 78.8 cm³/mol. The topological polar surface area (TPSA) is 78.9 Å². The van der Waals surface area contributed by atoms with Gasteiger partial charge in [0, 0.05) is 12.5 Å². The number of carbonyl (C=O) groups is 3. The summed E-state index contributed by atoms with van der Waals surface area (Å²) in [5.41, 5.74) is -2.94. The van der Waals surface area contributed by atoms with Crippen LogP contribution in [0.1, 0.15) is 48.0 Å². The third-order valence-electron chi connectivity index (χ3n) is 4.10. The van der Waals surface area contributed by atoms with E-state index in [1.807, 2.05) is 0 Å². The fourth-order valence-electron chi connectivity index (χ4n) is 1.94. The second kappa shape index (κ2) is 5.74. The van der Waals surface area contributed by atoms with Crippen LogP contribution in [0.2, 0.25) is 0 Å². The van der Waals surface area contributed by atoms with Crippen molar-refractivity contribution in [1.29, 1.82) is 0 Å². The highest BCUT2D eigenvalue weighted by molar-refractivity contribution is 5.85.